The SMILES string of the molecule is Cc1nc2c(N3CCNCC3)nnc(-c3ccccc3C(C)C)c2cc1-c1c(O)cccc1F.Clc1cc2c(Cc3ccccc3)nnc(N3CCNCC3)c2cc1Cl.Nc1cc(-c2c(Cl)cc3c(N4CCCCC4)snc3c2F)c2ccccc2n1. The van der Waals surface area contributed by atoms with E-state index in [4.69, 9.17) is 50.6 Å². The molecule has 3 fully saturated rings. The van der Waals surface area contributed by atoms with Gasteiger partial charge in [-0.05, 0) is 109 Å². The molecule has 87 heavy (non-hydrogen) atoms. The number of nitrogens with one attached hydrogen (secondary N) is 2. The third-order valence-corrected chi connectivity index (χ3v) is 18.2. The Morgan fingerprint density at radius 3 is 1.97 bits per heavy atom. The summed E-state index contributed by atoms with van der Waals surface area (Å²) in [5.41, 5.74) is 15.0. The van der Waals surface area contributed by atoms with Crippen LogP contribution in [0.5, 0.6) is 5.75 Å². The average Bonchev–Trinajstić information content (AvgIpc) is 2.27. The molecule has 3 aliphatic heterocycles. The van der Waals surface area contributed by atoms with Crippen molar-refractivity contribution in [2.24, 2.45) is 0 Å². The molecule has 0 amide bonds. The van der Waals surface area contributed by atoms with Gasteiger partial charge in [-0.1, -0.05) is 128 Å². The first-order valence-corrected chi connectivity index (χ1v) is 31.2. The Hall–Kier alpha value is -7.90. The molecule has 20 heteroatoms. The molecule has 3 aliphatic rings. The maximum atomic E-state index is 15.6. The smallest absolute Gasteiger partial charge is 0.177 e. The molecule has 444 valence electrons. The molecule has 0 aliphatic carbocycles. The van der Waals surface area contributed by atoms with E-state index in [-0.39, 0.29) is 17.2 Å². The van der Waals surface area contributed by atoms with Gasteiger partial charge in [-0.3, -0.25) is 0 Å². The van der Waals surface area contributed by atoms with Crippen molar-refractivity contribution < 1.29 is 13.9 Å². The fourth-order valence-electron chi connectivity index (χ4n) is 11.9. The van der Waals surface area contributed by atoms with Gasteiger partial charge in [0, 0.05) is 121 Å². The number of halogens is 5. The molecule has 5 aromatic heterocycles. The third kappa shape index (κ3) is 12.4. The molecule has 14 rings (SSSR count). The van der Waals surface area contributed by atoms with Crippen LogP contribution in [0.15, 0.2) is 127 Å². The van der Waals surface area contributed by atoms with Gasteiger partial charge in [-0.2, -0.15) is 9.47 Å². The first-order chi connectivity index (χ1) is 42.3. The van der Waals surface area contributed by atoms with Crippen molar-refractivity contribution in [2.45, 2.75) is 52.4 Å². The molecule has 11 aromatic rings. The Morgan fingerprint density at radius 1 is 0.586 bits per heavy atom. The molecule has 14 nitrogen and oxygen atoms in total. The maximum absolute atomic E-state index is 15.6. The van der Waals surface area contributed by atoms with E-state index in [1.54, 1.807) is 6.07 Å². The minimum absolute atomic E-state index is 0.113. The summed E-state index contributed by atoms with van der Waals surface area (Å²) >= 11 is 20.6. The van der Waals surface area contributed by atoms with E-state index in [0.29, 0.717) is 66.4 Å². The van der Waals surface area contributed by atoms with Gasteiger partial charge in [0.25, 0.3) is 0 Å². The Kier molecular flexibility index (Phi) is 17.9. The number of nitrogen functional groups attached to an aromatic ring is 1. The number of rotatable bonds is 9. The number of nitrogens with two attached hydrogens (primary N) is 1. The van der Waals surface area contributed by atoms with E-state index in [0.717, 1.165) is 144 Å². The predicted molar refractivity (Wildman–Crippen MR) is 353 cm³/mol. The molecule has 8 heterocycles. The van der Waals surface area contributed by atoms with Crippen LogP contribution >= 0.6 is 46.3 Å². The monoisotopic (exact) mass is 1240 g/mol. The molecule has 0 radical (unpaired) electrons. The van der Waals surface area contributed by atoms with E-state index in [2.05, 4.69) is 82.0 Å². The molecule has 0 unspecified atom stereocenters. The first kappa shape index (κ1) is 59.4. The van der Waals surface area contributed by atoms with Crippen molar-refractivity contribution in [3.63, 3.8) is 0 Å². The highest BCUT2D eigenvalue weighted by molar-refractivity contribution is 7.11. The van der Waals surface area contributed by atoms with Gasteiger partial charge in [0.1, 0.15) is 39.1 Å². The van der Waals surface area contributed by atoms with Gasteiger partial charge in [0.2, 0.25) is 0 Å². The van der Waals surface area contributed by atoms with Crippen LogP contribution in [0.4, 0.5) is 31.2 Å². The Balaban J connectivity index is 0.000000129. The van der Waals surface area contributed by atoms with Crippen molar-refractivity contribution in [1.29, 1.82) is 0 Å². The van der Waals surface area contributed by atoms with Gasteiger partial charge in [-0.15, -0.1) is 15.3 Å². The Bertz CT molecular complexity index is 4310. The van der Waals surface area contributed by atoms with Crippen molar-refractivity contribution in [2.75, 3.05) is 85.9 Å². The van der Waals surface area contributed by atoms with Crippen LogP contribution in [0.25, 0.3) is 77.0 Å². The minimum atomic E-state index is -0.488. The number of phenols is 1. The lowest BCUT2D eigenvalue weighted by molar-refractivity contribution is 0.472. The van der Waals surface area contributed by atoms with Crippen LogP contribution in [0, 0.1) is 18.6 Å². The normalized spacial score (nSPS) is 14.6. The molecule has 0 atom stereocenters. The number of nitrogens with zero attached hydrogens (tertiary/aromatic N) is 10. The zero-order valence-corrected chi connectivity index (χ0v) is 51.5. The number of anilines is 4. The van der Waals surface area contributed by atoms with Crippen molar-refractivity contribution in [3.05, 3.63) is 177 Å². The van der Waals surface area contributed by atoms with Gasteiger partial charge in [0.15, 0.2) is 17.5 Å². The van der Waals surface area contributed by atoms with Crippen LogP contribution in [-0.4, -0.2) is 105 Å². The van der Waals surface area contributed by atoms with E-state index in [1.165, 1.54) is 41.7 Å². The minimum Gasteiger partial charge on any atom is -0.507 e. The summed E-state index contributed by atoms with van der Waals surface area (Å²) in [6.07, 6.45) is 4.25. The summed E-state index contributed by atoms with van der Waals surface area (Å²) in [7, 11) is 0. The van der Waals surface area contributed by atoms with Gasteiger partial charge in [0.05, 0.1) is 31.8 Å². The topological polar surface area (TPSA) is 170 Å². The van der Waals surface area contributed by atoms with Gasteiger partial charge < -0.3 is 36.2 Å². The third-order valence-electron chi connectivity index (χ3n) is 16.2. The quantitative estimate of drug-likeness (QED) is 0.108. The first-order valence-electron chi connectivity index (χ1n) is 29.3. The maximum Gasteiger partial charge on any atom is 0.177 e. The number of aromatic nitrogens is 7. The lowest BCUT2D eigenvalue weighted by Gasteiger charge is -2.29. The van der Waals surface area contributed by atoms with Crippen molar-refractivity contribution in [1.82, 2.24) is 45.4 Å². The number of hydrogen-bond acceptors (Lipinski definition) is 15. The summed E-state index contributed by atoms with van der Waals surface area (Å²) in [5, 5.41) is 42.5. The molecule has 3 saturated heterocycles. The number of pyridine rings is 2. The van der Waals surface area contributed by atoms with Crippen LogP contribution in [0.2, 0.25) is 15.1 Å². The number of aromatic hydroxyl groups is 1. The molecule has 0 bridgehead atoms. The number of para-hydroxylation sites is 1. The summed E-state index contributed by atoms with van der Waals surface area (Å²) < 4.78 is 34.9. The summed E-state index contributed by atoms with van der Waals surface area (Å²) in [6, 6.07) is 39.5. The fraction of sp³-hybridized carbons (Fsp3) is 0.269. The Morgan fingerprint density at radius 2 is 1.24 bits per heavy atom. The lowest BCUT2D eigenvalue weighted by Crippen LogP contribution is -2.44. The summed E-state index contributed by atoms with van der Waals surface area (Å²) in [5.74, 6) is 1.22. The molecule has 6 aromatic carbocycles. The second kappa shape index (κ2) is 26.2. The van der Waals surface area contributed by atoms with E-state index >= 15 is 4.39 Å². The zero-order chi connectivity index (χ0) is 60.3. The van der Waals surface area contributed by atoms with Crippen LogP contribution < -0.4 is 31.1 Å². The second-order valence-corrected chi connectivity index (χ2v) is 24.2. The number of benzene rings is 6. The highest BCUT2D eigenvalue weighted by atomic mass is 35.5. The van der Waals surface area contributed by atoms with E-state index in [9.17, 15) is 9.50 Å². The fourth-order valence-corrected chi connectivity index (χ4v) is 13.4. The van der Waals surface area contributed by atoms with Crippen LogP contribution in [-0.2, 0) is 6.42 Å². The van der Waals surface area contributed by atoms with Crippen LogP contribution in [0.1, 0.15) is 61.5 Å². The predicted octanol–water partition coefficient (Wildman–Crippen LogP) is 14.9. The standard InChI is InChI=1S/C27H28FN5O.C21H18ClFN4S.C19H18Cl2N4/c1-16(2)18-7-4-5-8-19(18)25-21-15-20(24-22(28)9-6-10-23(24)34)17(3)30-26(21)27(32-31-25)33-13-11-29-12-14-33;22-15-10-14-20(26-28-21(14)27-8-4-1-5-9-27)19(23)18(15)13-11-17(24)25-16-7-3-2-6-12(13)16;20-16-11-14-15(12-17(16)21)19(25-8-6-22-7-9-25)24-23-18(14)10-13-4-2-1-3-5-13/h4-10,15-16,29,34H,11-14H2,1-3H3;2-3,6-7,10-11H,1,4-5,8-9H2,(H2,24,25);1-5,11-12,22H,6-10H2. The molecular weight excluding hydrogens is 1180 g/mol. The highest BCUT2D eigenvalue weighted by Crippen LogP contribution is 2.45. The zero-order valence-electron chi connectivity index (χ0n) is 48.4. The number of aryl methyl sites for hydroxylation is 1. The second-order valence-electron chi connectivity index (χ2n) is 22.3. The van der Waals surface area contributed by atoms with E-state index in [1.807, 2.05) is 91.9 Å². The Labute approximate surface area is 522 Å². The largest absolute Gasteiger partial charge is 0.507 e. The molecule has 0 saturated carbocycles. The highest BCUT2D eigenvalue weighted by Gasteiger charge is 2.27. The summed E-state index contributed by atoms with van der Waals surface area (Å²) in [6.45, 7) is 15.1. The molecular formula is C67H64Cl3F2N13OS. The van der Waals surface area contributed by atoms with Gasteiger partial charge in [-0.25, -0.2) is 18.7 Å². The van der Waals surface area contributed by atoms with E-state index < -0.39 is 11.6 Å². The summed E-state index contributed by atoms with van der Waals surface area (Å²) in [4.78, 5) is 16.0. The number of fused-ring (bicyclic) bond motifs is 4. The molecule has 5 N–H and O–H groups in total. The molecule has 0 spiro atoms. The van der Waals surface area contributed by atoms with Crippen molar-refractivity contribution >= 4 is 112 Å². The van der Waals surface area contributed by atoms with Crippen molar-refractivity contribution in [3.8, 4) is 39.3 Å². The lowest BCUT2D eigenvalue weighted by atomic mass is 9.92. The number of piperidine rings is 1. The van der Waals surface area contributed by atoms with Gasteiger partial charge >= 0.3 is 0 Å². The average molecular weight is 1240 g/mol. The number of phenolic OH excluding ortho intramolecular Hbond substituents is 1. The number of hydrogen-bond donors (Lipinski definition) is 4. The van der Waals surface area contributed by atoms with Crippen LogP contribution in [0.3, 0.4) is 0 Å². The number of piperazine rings is 2.